The summed E-state index contributed by atoms with van der Waals surface area (Å²) in [6, 6.07) is 1.62. The predicted molar refractivity (Wildman–Crippen MR) is 76.4 cm³/mol. The highest BCUT2D eigenvalue weighted by atomic mass is 15.2. The van der Waals surface area contributed by atoms with Crippen molar-refractivity contribution in [2.24, 2.45) is 5.92 Å². The third-order valence-corrected chi connectivity index (χ3v) is 3.92. The highest BCUT2D eigenvalue weighted by molar-refractivity contribution is 4.85. The molecule has 1 saturated heterocycles. The van der Waals surface area contributed by atoms with Crippen LogP contribution in [0.4, 0.5) is 0 Å². The summed E-state index contributed by atoms with van der Waals surface area (Å²) in [7, 11) is 0. The largest absolute Gasteiger partial charge is 0.315 e. The van der Waals surface area contributed by atoms with E-state index in [0.29, 0.717) is 0 Å². The van der Waals surface area contributed by atoms with Gasteiger partial charge in [0, 0.05) is 18.6 Å². The Balaban J connectivity index is 2.40. The Bertz CT molecular complexity index is 191. The van der Waals surface area contributed by atoms with Gasteiger partial charge in [0.15, 0.2) is 0 Å². The molecule has 0 spiro atoms. The molecule has 2 heteroatoms. The molecule has 0 aromatic carbocycles. The van der Waals surface area contributed by atoms with Crippen molar-refractivity contribution in [3.05, 3.63) is 0 Å². The van der Waals surface area contributed by atoms with Crippen molar-refractivity contribution in [2.75, 3.05) is 19.6 Å². The smallest absolute Gasteiger partial charge is 0.0223 e. The van der Waals surface area contributed by atoms with Crippen LogP contribution in [0.5, 0.6) is 0 Å². The van der Waals surface area contributed by atoms with Crippen LogP contribution in [0.25, 0.3) is 0 Å². The first-order chi connectivity index (χ1) is 8.19. The molecule has 1 heterocycles. The maximum absolute atomic E-state index is 3.65. The molecular formula is C15H32N2. The van der Waals surface area contributed by atoms with E-state index in [1.807, 2.05) is 0 Å². The van der Waals surface area contributed by atoms with Gasteiger partial charge in [-0.15, -0.1) is 0 Å². The average molecular weight is 240 g/mol. The number of rotatable bonds is 8. The molecule has 1 aliphatic heterocycles. The SMILES string of the molecule is CCCC(CNCC(C)C)N1CCCC1CC. The third kappa shape index (κ3) is 4.97. The quantitative estimate of drug-likeness (QED) is 0.700. The van der Waals surface area contributed by atoms with Crippen LogP contribution in [0.3, 0.4) is 0 Å². The molecule has 0 bridgehead atoms. The van der Waals surface area contributed by atoms with Gasteiger partial charge in [-0.25, -0.2) is 0 Å². The maximum atomic E-state index is 3.65. The van der Waals surface area contributed by atoms with E-state index in [2.05, 4.69) is 37.9 Å². The van der Waals surface area contributed by atoms with Crippen LogP contribution in [0, 0.1) is 5.92 Å². The molecule has 2 nitrogen and oxygen atoms in total. The van der Waals surface area contributed by atoms with Crippen LogP contribution >= 0.6 is 0 Å². The Hall–Kier alpha value is -0.0800. The lowest BCUT2D eigenvalue weighted by Crippen LogP contribution is -2.45. The minimum atomic E-state index is 0.762. The van der Waals surface area contributed by atoms with Gasteiger partial charge in [-0.05, 0) is 44.7 Å². The Labute approximate surface area is 108 Å². The van der Waals surface area contributed by atoms with Gasteiger partial charge in [-0.2, -0.15) is 0 Å². The minimum Gasteiger partial charge on any atom is -0.315 e. The molecule has 1 aliphatic rings. The summed E-state index contributed by atoms with van der Waals surface area (Å²) in [5.74, 6) is 0.762. The third-order valence-electron chi connectivity index (χ3n) is 3.92. The Morgan fingerprint density at radius 3 is 2.59 bits per heavy atom. The first kappa shape index (κ1) is 15.0. The molecule has 0 aromatic rings. The van der Waals surface area contributed by atoms with E-state index in [-0.39, 0.29) is 0 Å². The molecule has 0 aliphatic carbocycles. The second-order valence-corrected chi connectivity index (χ2v) is 5.94. The fourth-order valence-corrected chi connectivity index (χ4v) is 3.03. The van der Waals surface area contributed by atoms with Gasteiger partial charge in [0.2, 0.25) is 0 Å². The van der Waals surface area contributed by atoms with Crippen LogP contribution < -0.4 is 5.32 Å². The molecule has 0 amide bonds. The van der Waals surface area contributed by atoms with Gasteiger partial charge >= 0.3 is 0 Å². The van der Waals surface area contributed by atoms with Crippen molar-refractivity contribution in [1.29, 1.82) is 0 Å². The van der Waals surface area contributed by atoms with Gasteiger partial charge in [0.1, 0.15) is 0 Å². The molecular weight excluding hydrogens is 208 g/mol. The lowest BCUT2D eigenvalue weighted by molar-refractivity contribution is 0.161. The molecule has 0 aromatic heterocycles. The average Bonchev–Trinajstić information content (AvgIpc) is 2.75. The van der Waals surface area contributed by atoms with E-state index < -0.39 is 0 Å². The molecule has 2 unspecified atom stereocenters. The van der Waals surface area contributed by atoms with E-state index in [1.54, 1.807) is 0 Å². The predicted octanol–water partition coefficient (Wildman–Crippen LogP) is 3.28. The molecule has 17 heavy (non-hydrogen) atoms. The molecule has 2 atom stereocenters. The van der Waals surface area contributed by atoms with Gasteiger partial charge in [0.05, 0.1) is 0 Å². The van der Waals surface area contributed by atoms with Gasteiger partial charge < -0.3 is 5.32 Å². The first-order valence-corrected chi connectivity index (χ1v) is 7.65. The Morgan fingerprint density at radius 2 is 2.00 bits per heavy atom. The van der Waals surface area contributed by atoms with Gasteiger partial charge in [-0.3, -0.25) is 4.90 Å². The summed E-state index contributed by atoms with van der Waals surface area (Å²) < 4.78 is 0. The highest BCUT2D eigenvalue weighted by Gasteiger charge is 2.28. The van der Waals surface area contributed by atoms with Crippen LogP contribution in [-0.2, 0) is 0 Å². The zero-order valence-corrected chi connectivity index (χ0v) is 12.3. The minimum absolute atomic E-state index is 0.762. The topological polar surface area (TPSA) is 15.3 Å². The van der Waals surface area contributed by atoms with Gasteiger partial charge in [-0.1, -0.05) is 34.1 Å². The monoisotopic (exact) mass is 240 g/mol. The molecule has 0 saturated carbocycles. The summed E-state index contributed by atoms with van der Waals surface area (Å²) in [4.78, 5) is 2.77. The molecule has 1 N–H and O–H groups in total. The fraction of sp³-hybridized carbons (Fsp3) is 1.00. The maximum Gasteiger partial charge on any atom is 0.0223 e. The number of nitrogens with zero attached hydrogens (tertiary/aromatic N) is 1. The fourth-order valence-electron chi connectivity index (χ4n) is 3.03. The summed E-state index contributed by atoms with van der Waals surface area (Å²) in [5, 5.41) is 3.65. The zero-order valence-electron chi connectivity index (χ0n) is 12.3. The van der Waals surface area contributed by atoms with E-state index in [1.165, 1.54) is 45.2 Å². The highest BCUT2D eigenvalue weighted by Crippen LogP contribution is 2.24. The first-order valence-electron chi connectivity index (χ1n) is 7.65. The summed E-state index contributed by atoms with van der Waals surface area (Å²) in [5.41, 5.74) is 0. The van der Waals surface area contributed by atoms with Crippen LogP contribution in [0.1, 0.15) is 59.8 Å². The standard InChI is InChI=1S/C15H32N2/c1-5-8-15(12-16-11-13(3)4)17-10-7-9-14(17)6-2/h13-16H,5-12H2,1-4H3. The Kier molecular flexibility index (Phi) is 7.14. The van der Waals surface area contributed by atoms with Gasteiger partial charge in [0.25, 0.3) is 0 Å². The number of likely N-dealkylation sites (tertiary alicyclic amines) is 1. The van der Waals surface area contributed by atoms with Crippen LogP contribution in [0.15, 0.2) is 0 Å². The normalized spacial score (nSPS) is 23.5. The Morgan fingerprint density at radius 1 is 1.24 bits per heavy atom. The van der Waals surface area contributed by atoms with Crippen molar-refractivity contribution in [2.45, 2.75) is 71.9 Å². The molecule has 0 radical (unpaired) electrons. The van der Waals surface area contributed by atoms with Crippen molar-refractivity contribution in [3.8, 4) is 0 Å². The lowest BCUT2D eigenvalue weighted by atomic mass is 10.1. The number of nitrogens with one attached hydrogen (secondary N) is 1. The molecule has 102 valence electrons. The van der Waals surface area contributed by atoms with Crippen molar-refractivity contribution in [1.82, 2.24) is 10.2 Å². The summed E-state index contributed by atoms with van der Waals surface area (Å²) in [6.07, 6.45) is 6.80. The van der Waals surface area contributed by atoms with Crippen molar-refractivity contribution >= 4 is 0 Å². The summed E-state index contributed by atoms with van der Waals surface area (Å²) in [6.45, 7) is 12.9. The second-order valence-electron chi connectivity index (χ2n) is 5.94. The van der Waals surface area contributed by atoms with Crippen LogP contribution in [-0.4, -0.2) is 36.6 Å². The van der Waals surface area contributed by atoms with Crippen LogP contribution in [0.2, 0.25) is 0 Å². The zero-order chi connectivity index (χ0) is 12.7. The van der Waals surface area contributed by atoms with E-state index in [4.69, 9.17) is 0 Å². The molecule has 1 rings (SSSR count). The summed E-state index contributed by atoms with van der Waals surface area (Å²) >= 11 is 0. The van der Waals surface area contributed by atoms with Crippen molar-refractivity contribution < 1.29 is 0 Å². The number of hydrogen-bond acceptors (Lipinski definition) is 2. The van der Waals surface area contributed by atoms with E-state index >= 15 is 0 Å². The molecule has 1 fully saturated rings. The number of hydrogen-bond donors (Lipinski definition) is 1. The van der Waals surface area contributed by atoms with E-state index in [0.717, 1.165) is 24.5 Å². The van der Waals surface area contributed by atoms with Crippen molar-refractivity contribution in [3.63, 3.8) is 0 Å². The van der Waals surface area contributed by atoms with E-state index in [9.17, 15) is 0 Å². The lowest BCUT2D eigenvalue weighted by Gasteiger charge is -2.33. The second kappa shape index (κ2) is 8.10.